The van der Waals surface area contributed by atoms with Crippen LogP contribution in [0.3, 0.4) is 0 Å². The van der Waals surface area contributed by atoms with E-state index in [1.807, 2.05) is 63.2 Å². The lowest BCUT2D eigenvalue weighted by Crippen LogP contribution is -2.52. The fourth-order valence-corrected chi connectivity index (χ4v) is 4.25. The summed E-state index contributed by atoms with van der Waals surface area (Å²) in [5.74, 6) is 0.309. The van der Waals surface area contributed by atoms with Crippen molar-refractivity contribution in [2.24, 2.45) is 0 Å². The first-order valence-electron chi connectivity index (χ1n) is 11.0. The number of pyridine rings is 2. The van der Waals surface area contributed by atoms with Gasteiger partial charge in [-0.05, 0) is 56.2 Å². The van der Waals surface area contributed by atoms with E-state index in [-0.39, 0.29) is 11.7 Å². The lowest BCUT2D eigenvalue weighted by atomic mass is 9.84. The van der Waals surface area contributed by atoms with E-state index in [9.17, 15) is 9.59 Å². The van der Waals surface area contributed by atoms with Crippen LogP contribution in [0.5, 0.6) is 0 Å². The van der Waals surface area contributed by atoms with Gasteiger partial charge in [-0.15, -0.1) is 0 Å². The van der Waals surface area contributed by atoms with Gasteiger partial charge in [0.2, 0.25) is 0 Å². The molecule has 33 heavy (non-hydrogen) atoms. The van der Waals surface area contributed by atoms with E-state index >= 15 is 0 Å². The Morgan fingerprint density at radius 3 is 1.91 bits per heavy atom. The molecular formula is C27H28N4O2. The number of carbonyl (C=O) groups excluding carboxylic acids is 2. The Morgan fingerprint density at radius 2 is 1.42 bits per heavy atom. The van der Waals surface area contributed by atoms with Crippen LogP contribution in [-0.2, 0) is 17.6 Å². The maximum atomic E-state index is 14.1. The second-order valence-corrected chi connectivity index (χ2v) is 9.34. The van der Waals surface area contributed by atoms with E-state index in [0.717, 1.165) is 11.1 Å². The molecule has 0 spiro atoms. The molecule has 0 bridgehead atoms. The van der Waals surface area contributed by atoms with Crippen LogP contribution < -0.4 is 5.32 Å². The second-order valence-electron chi connectivity index (χ2n) is 9.34. The molecule has 0 unspecified atom stereocenters. The van der Waals surface area contributed by atoms with Crippen molar-refractivity contribution in [2.45, 2.75) is 44.7 Å². The maximum Gasteiger partial charge on any atom is 0.254 e. The number of amides is 1. The van der Waals surface area contributed by atoms with Crippen molar-refractivity contribution >= 4 is 11.7 Å². The quantitative estimate of drug-likeness (QED) is 0.464. The second kappa shape index (κ2) is 8.98. The summed E-state index contributed by atoms with van der Waals surface area (Å²) in [4.78, 5) is 37.1. The molecule has 168 valence electrons. The SMILES string of the molecule is CC(C)(C)N1C(=O)C(Cc2ccncc2)(Cc2ccncc2)N/C1=C\C(=O)c1ccccc1. The third kappa shape index (κ3) is 4.85. The van der Waals surface area contributed by atoms with Crippen LogP contribution in [0.25, 0.3) is 0 Å². The van der Waals surface area contributed by atoms with Crippen LogP contribution in [0.2, 0.25) is 0 Å². The Labute approximate surface area is 194 Å². The van der Waals surface area contributed by atoms with Gasteiger partial charge in [-0.25, -0.2) is 0 Å². The van der Waals surface area contributed by atoms with E-state index in [0.29, 0.717) is 24.2 Å². The number of ketones is 1. The largest absolute Gasteiger partial charge is 0.357 e. The van der Waals surface area contributed by atoms with Crippen molar-refractivity contribution in [1.82, 2.24) is 20.2 Å². The molecule has 0 atom stereocenters. The van der Waals surface area contributed by atoms with Gasteiger partial charge < -0.3 is 5.32 Å². The number of benzene rings is 1. The zero-order valence-electron chi connectivity index (χ0n) is 19.2. The van der Waals surface area contributed by atoms with Crippen molar-refractivity contribution in [3.05, 3.63) is 108 Å². The summed E-state index contributed by atoms with van der Waals surface area (Å²) < 4.78 is 0. The molecule has 6 nitrogen and oxygen atoms in total. The fourth-order valence-electron chi connectivity index (χ4n) is 4.25. The molecule has 4 rings (SSSR count). The van der Waals surface area contributed by atoms with E-state index in [2.05, 4.69) is 15.3 Å². The van der Waals surface area contributed by atoms with Gasteiger partial charge in [-0.2, -0.15) is 0 Å². The first-order valence-corrected chi connectivity index (χ1v) is 11.0. The zero-order valence-corrected chi connectivity index (χ0v) is 19.2. The van der Waals surface area contributed by atoms with E-state index in [1.165, 1.54) is 0 Å². The highest BCUT2D eigenvalue weighted by molar-refractivity contribution is 6.06. The normalized spacial score (nSPS) is 16.6. The summed E-state index contributed by atoms with van der Waals surface area (Å²) >= 11 is 0. The molecule has 1 aliphatic heterocycles. The predicted octanol–water partition coefficient (Wildman–Crippen LogP) is 3.96. The lowest BCUT2D eigenvalue weighted by Gasteiger charge is -2.33. The lowest BCUT2D eigenvalue weighted by molar-refractivity contribution is -0.135. The number of allylic oxidation sites excluding steroid dienone is 1. The van der Waals surface area contributed by atoms with Crippen molar-refractivity contribution in [1.29, 1.82) is 0 Å². The van der Waals surface area contributed by atoms with Crippen LogP contribution in [-0.4, -0.2) is 37.6 Å². The van der Waals surface area contributed by atoms with Crippen LogP contribution in [0, 0.1) is 0 Å². The monoisotopic (exact) mass is 440 g/mol. The number of rotatable bonds is 6. The van der Waals surface area contributed by atoms with Crippen LogP contribution in [0.1, 0.15) is 42.3 Å². The van der Waals surface area contributed by atoms with Gasteiger partial charge in [0.1, 0.15) is 11.4 Å². The maximum absolute atomic E-state index is 14.1. The summed E-state index contributed by atoms with van der Waals surface area (Å²) in [6.07, 6.45) is 9.37. The summed E-state index contributed by atoms with van der Waals surface area (Å²) in [5.41, 5.74) is 1.09. The summed E-state index contributed by atoms with van der Waals surface area (Å²) in [6, 6.07) is 16.8. The van der Waals surface area contributed by atoms with E-state index in [1.54, 1.807) is 47.9 Å². The van der Waals surface area contributed by atoms with E-state index in [4.69, 9.17) is 0 Å². The minimum atomic E-state index is -0.946. The molecule has 3 aromatic rings. The summed E-state index contributed by atoms with van der Waals surface area (Å²) in [7, 11) is 0. The molecule has 3 heterocycles. The minimum Gasteiger partial charge on any atom is -0.357 e. The molecule has 1 amide bonds. The van der Waals surface area contributed by atoms with Crippen molar-refractivity contribution in [3.8, 4) is 0 Å². The third-order valence-corrected chi connectivity index (χ3v) is 5.73. The Balaban J connectivity index is 1.79. The van der Waals surface area contributed by atoms with Gasteiger partial charge in [0.05, 0.1) is 0 Å². The average Bonchev–Trinajstić information content (AvgIpc) is 3.06. The van der Waals surface area contributed by atoms with Crippen LogP contribution in [0.4, 0.5) is 0 Å². The predicted molar refractivity (Wildman–Crippen MR) is 127 cm³/mol. The molecule has 1 fully saturated rings. The summed E-state index contributed by atoms with van der Waals surface area (Å²) in [5, 5.41) is 3.48. The minimum absolute atomic E-state index is 0.0595. The molecule has 0 radical (unpaired) electrons. The average molecular weight is 441 g/mol. The molecule has 0 aliphatic carbocycles. The molecule has 1 aliphatic rings. The highest BCUT2D eigenvalue weighted by Gasteiger charge is 2.52. The fraction of sp³-hybridized carbons (Fsp3) is 0.259. The first kappa shape index (κ1) is 22.4. The Kier molecular flexibility index (Phi) is 6.09. The highest BCUT2D eigenvalue weighted by atomic mass is 16.2. The van der Waals surface area contributed by atoms with Gasteiger partial charge in [-0.1, -0.05) is 30.3 Å². The number of hydrogen-bond donors (Lipinski definition) is 1. The number of carbonyl (C=O) groups is 2. The van der Waals surface area contributed by atoms with Gasteiger partial charge in [0.25, 0.3) is 5.91 Å². The molecule has 2 aromatic heterocycles. The van der Waals surface area contributed by atoms with Gasteiger partial charge in [-0.3, -0.25) is 24.5 Å². The Morgan fingerprint density at radius 1 is 0.909 bits per heavy atom. The van der Waals surface area contributed by atoms with Gasteiger partial charge in [0.15, 0.2) is 5.78 Å². The third-order valence-electron chi connectivity index (χ3n) is 5.73. The van der Waals surface area contributed by atoms with Crippen molar-refractivity contribution in [3.63, 3.8) is 0 Å². The molecule has 1 N–H and O–H groups in total. The number of hydrogen-bond acceptors (Lipinski definition) is 5. The van der Waals surface area contributed by atoms with E-state index < -0.39 is 11.1 Å². The number of nitrogens with one attached hydrogen (secondary N) is 1. The Hall–Kier alpha value is -3.80. The highest BCUT2D eigenvalue weighted by Crippen LogP contribution is 2.35. The smallest absolute Gasteiger partial charge is 0.254 e. The molecule has 1 aromatic carbocycles. The molecule has 0 saturated carbocycles. The van der Waals surface area contributed by atoms with Gasteiger partial charge in [0, 0.05) is 54.8 Å². The molecule has 1 saturated heterocycles. The van der Waals surface area contributed by atoms with Crippen LogP contribution >= 0.6 is 0 Å². The zero-order chi connectivity index (χ0) is 23.5. The van der Waals surface area contributed by atoms with Crippen molar-refractivity contribution < 1.29 is 9.59 Å². The van der Waals surface area contributed by atoms with Gasteiger partial charge >= 0.3 is 0 Å². The number of aromatic nitrogens is 2. The number of nitrogens with zero attached hydrogens (tertiary/aromatic N) is 3. The molecular weight excluding hydrogens is 412 g/mol. The first-order chi connectivity index (χ1) is 15.8. The molecule has 6 heteroatoms. The summed E-state index contributed by atoms with van der Waals surface area (Å²) in [6.45, 7) is 5.92. The van der Waals surface area contributed by atoms with Crippen molar-refractivity contribution in [2.75, 3.05) is 0 Å². The standard InChI is InChI=1S/C27H28N4O2/c1-26(2,3)31-24(17-23(32)22-7-5-4-6-8-22)30-27(25(31)33,18-20-9-13-28-14-10-20)19-21-11-15-29-16-12-21/h4-17,30H,18-19H2,1-3H3/b24-17+. The topological polar surface area (TPSA) is 75.2 Å². The Bertz CT molecular complexity index is 1110. The van der Waals surface area contributed by atoms with Crippen LogP contribution in [0.15, 0.2) is 91.3 Å².